The van der Waals surface area contributed by atoms with E-state index in [0.717, 1.165) is 19.4 Å². The molecule has 5 aromatic rings. The number of fused-ring (bicyclic) bond motifs is 3. The molecule has 0 atom stereocenters. The number of nitrogens with two attached hydrogens (primary N) is 1. The highest BCUT2D eigenvalue weighted by atomic mass is 32.1. The van der Waals surface area contributed by atoms with Gasteiger partial charge in [0.1, 0.15) is 0 Å². The van der Waals surface area contributed by atoms with Crippen molar-refractivity contribution in [3.63, 3.8) is 0 Å². The van der Waals surface area contributed by atoms with Crippen LogP contribution in [0.15, 0.2) is 84.9 Å². The van der Waals surface area contributed by atoms with Gasteiger partial charge in [0.05, 0.1) is 0 Å². The Balaban J connectivity index is 1.48. The summed E-state index contributed by atoms with van der Waals surface area (Å²) < 4.78 is 2.70. The molecule has 166 valence electrons. The summed E-state index contributed by atoms with van der Waals surface area (Å²) in [5.41, 5.74) is 13.6. The van der Waals surface area contributed by atoms with Crippen molar-refractivity contribution >= 4 is 31.5 Å². The van der Waals surface area contributed by atoms with Crippen LogP contribution in [0.3, 0.4) is 0 Å². The lowest BCUT2D eigenvalue weighted by Crippen LogP contribution is -2.00. The van der Waals surface area contributed by atoms with E-state index in [9.17, 15) is 0 Å². The maximum absolute atomic E-state index is 5.66. The van der Waals surface area contributed by atoms with E-state index in [-0.39, 0.29) is 0 Å². The number of hydrogen-bond donors (Lipinski definition) is 1. The van der Waals surface area contributed by atoms with Crippen molar-refractivity contribution in [1.82, 2.24) is 0 Å². The van der Waals surface area contributed by atoms with Crippen LogP contribution in [0, 0.1) is 0 Å². The number of benzene rings is 4. The average Bonchev–Trinajstić information content (AvgIpc) is 3.24. The van der Waals surface area contributed by atoms with Gasteiger partial charge in [-0.1, -0.05) is 74.0 Å². The van der Waals surface area contributed by atoms with Gasteiger partial charge in [-0.2, -0.15) is 0 Å². The second-order valence-electron chi connectivity index (χ2n) is 8.91. The van der Waals surface area contributed by atoms with Crippen molar-refractivity contribution in [2.75, 3.05) is 6.54 Å². The minimum Gasteiger partial charge on any atom is -0.330 e. The molecule has 0 fully saturated rings. The molecule has 33 heavy (non-hydrogen) atoms. The number of thiophene rings is 1. The van der Waals surface area contributed by atoms with Gasteiger partial charge in [0.2, 0.25) is 0 Å². The largest absolute Gasteiger partial charge is 0.330 e. The van der Waals surface area contributed by atoms with E-state index in [0.29, 0.717) is 0 Å². The zero-order valence-corrected chi connectivity index (χ0v) is 20.1. The fraction of sp³-hybridized carbons (Fsp3) is 0.226. The van der Waals surface area contributed by atoms with Crippen molar-refractivity contribution in [1.29, 1.82) is 0 Å². The first kappa shape index (κ1) is 21.9. The first-order valence-corrected chi connectivity index (χ1v) is 12.9. The molecule has 0 aliphatic heterocycles. The SMILES string of the molecule is CCCCc1ccc(-c2ccc3sc4ccc(-c5ccc(CCCN)cc5)cc4c3c2)cc1. The summed E-state index contributed by atoms with van der Waals surface area (Å²) in [6.07, 6.45) is 5.75. The van der Waals surface area contributed by atoms with Gasteiger partial charge in [0.15, 0.2) is 0 Å². The summed E-state index contributed by atoms with van der Waals surface area (Å²) >= 11 is 1.88. The van der Waals surface area contributed by atoms with Crippen LogP contribution in [-0.4, -0.2) is 6.54 Å². The molecule has 1 heterocycles. The van der Waals surface area contributed by atoms with Gasteiger partial charge in [0.25, 0.3) is 0 Å². The second kappa shape index (κ2) is 9.91. The van der Waals surface area contributed by atoms with Crippen LogP contribution in [0.2, 0.25) is 0 Å². The third-order valence-corrected chi connectivity index (χ3v) is 7.68. The summed E-state index contributed by atoms with van der Waals surface area (Å²) in [4.78, 5) is 0. The van der Waals surface area contributed by atoms with Crippen molar-refractivity contribution in [3.05, 3.63) is 96.1 Å². The number of aryl methyl sites for hydroxylation is 2. The Morgan fingerprint density at radius 3 is 1.48 bits per heavy atom. The summed E-state index contributed by atoms with van der Waals surface area (Å²) in [6.45, 7) is 2.99. The van der Waals surface area contributed by atoms with Crippen molar-refractivity contribution in [2.45, 2.75) is 39.0 Å². The van der Waals surface area contributed by atoms with Crippen molar-refractivity contribution in [2.24, 2.45) is 5.73 Å². The zero-order valence-electron chi connectivity index (χ0n) is 19.3. The first-order valence-electron chi connectivity index (χ1n) is 12.1. The Kier molecular flexibility index (Phi) is 6.57. The molecular weight excluding hydrogens is 418 g/mol. The number of unbranched alkanes of at least 4 members (excludes halogenated alkanes) is 1. The smallest absolute Gasteiger partial charge is 0.0355 e. The van der Waals surface area contributed by atoms with E-state index in [1.807, 2.05) is 11.3 Å². The van der Waals surface area contributed by atoms with E-state index in [4.69, 9.17) is 5.73 Å². The lowest BCUT2D eigenvalue weighted by Gasteiger charge is -2.06. The average molecular weight is 450 g/mol. The van der Waals surface area contributed by atoms with Crippen LogP contribution in [0.4, 0.5) is 0 Å². The molecule has 0 radical (unpaired) electrons. The highest BCUT2D eigenvalue weighted by molar-refractivity contribution is 7.25. The summed E-state index contributed by atoms with van der Waals surface area (Å²) in [7, 11) is 0. The van der Waals surface area contributed by atoms with Crippen molar-refractivity contribution in [3.8, 4) is 22.3 Å². The molecule has 0 unspecified atom stereocenters. The van der Waals surface area contributed by atoms with Gasteiger partial charge in [0, 0.05) is 20.2 Å². The standard InChI is InChI=1S/C31H31NS/c1-2-3-5-22-7-11-24(12-8-22)26-15-17-30-28(20-26)29-21-27(16-18-31(29)33-30)25-13-9-23(10-14-25)6-4-19-32/h7-18,20-21H,2-6,19,32H2,1H3. The molecular formula is C31H31NS. The molecule has 0 spiro atoms. The van der Waals surface area contributed by atoms with Crippen LogP contribution in [0.5, 0.6) is 0 Å². The fourth-order valence-corrected chi connectivity index (χ4v) is 5.62. The van der Waals surface area contributed by atoms with Gasteiger partial charge in [-0.05, 0) is 89.9 Å². The van der Waals surface area contributed by atoms with E-state index < -0.39 is 0 Å². The summed E-state index contributed by atoms with van der Waals surface area (Å²) in [6, 6.07) is 31.9. The van der Waals surface area contributed by atoms with E-state index in [1.54, 1.807) is 0 Å². The quantitative estimate of drug-likeness (QED) is 0.252. The van der Waals surface area contributed by atoms with Gasteiger partial charge in [-0.3, -0.25) is 0 Å². The normalized spacial score (nSPS) is 11.5. The van der Waals surface area contributed by atoms with E-state index >= 15 is 0 Å². The number of hydrogen-bond acceptors (Lipinski definition) is 2. The molecule has 4 aromatic carbocycles. The molecule has 0 aliphatic carbocycles. The molecule has 2 heteroatoms. The van der Waals surface area contributed by atoms with Crippen LogP contribution in [0.25, 0.3) is 42.4 Å². The molecule has 0 aliphatic rings. The summed E-state index contributed by atoms with van der Waals surface area (Å²) in [5, 5.41) is 2.70. The topological polar surface area (TPSA) is 26.0 Å². The third-order valence-electron chi connectivity index (χ3n) is 6.53. The predicted molar refractivity (Wildman–Crippen MR) is 146 cm³/mol. The van der Waals surface area contributed by atoms with Gasteiger partial charge >= 0.3 is 0 Å². The summed E-state index contributed by atoms with van der Waals surface area (Å²) in [5.74, 6) is 0. The van der Waals surface area contributed by atoms with Crippen LogP contribution in [-0.2, 0) is 12.8 Å². The molecule has 0 saturated heterocycles. The Morgan fingerprint density at radius 1 is 0.576 bits per heavy atom. The first-order chi connectivity index (χ1) is 16.2. The fourth-order valence-electron chi connectivity index (χ4n) is 4.55. The lowest BCUT2D eigenvalue weighted by molar-refractivity contribution is 0.795. The molecule has 1 nitrogen and oxygen atoms in total. The Bertz CT molecular complexity index is 1250. The second-order valence-corrected chi connectivity index (χ2v) is 10.00. The van der Waals surface area contributed by atoms with Gasteiger partial charge in [-0.15, -0.1) is 11.3 Å². The zero-order chi connectivity index (χ0) is 22.6. The number of rotatable bonds is 8. The Labute approximate surface area is 200 Å². The molecule has 1 aromatic heterocycles. The third kappa shape index (κ3) is 4.73. The minimum atomic E-state index is 0.745. The highest BCUT2D eigenvalue weighted by Crippen LogP contribution is 2.38. The Morgan fingerprint density at radius 2 is 1.03 bits per heavy atom. The predicted octanol–water partition coefficient (Wildman–Crippen LogP) is 8.62. The highest BCUT2D eigenvalue weighted by Gasteiger charge is 2.09. The molecule has 0 bridgehead atoms. The van der Waals surface area contributed by atoms with Gasteiger partial charge < -0.3 is 5.73 Å². The minimum absolute atomic E-state index is 0.745. The lowest BCUT2D eigenvalue weighted by atomic mass is 9.98. The van der Waals surface area contributed by atoms with Crippen molar-refractivity contribution < 1.29 is 0 Å². The molecule has 5 rings (SSSR count). The maximum Gasteiger partial charge on any atom is 0.0355 e. The van der Waals surface area contributed by atoms with Gasteiger partial charge in [-0.25, -0.2) is 0 Å². The molecule has 2 N–H and O–H groups in total. The van der Waals surface area contributed by atoms with Crippen LogP contribution in [0.1, 0.15) is 37.3 Å². The molecule has 0 amide bonds. The Hall–Kier alpha value is -2.94. The van der Waals surface area contributed by atoms with Crippen LogP contribution >= 0.6 is 11.3 Å². The van der Waals surface area contributed by atoms with E-state index in [1.165, 1.54) is 72.8 Å². The molecule has 0 saturated carbocycles. The van der Waals surface area contributed by atoms with Crippen LogP contribution < -0.4 is 5.73 Å². The van der Waals surface area contributed by atoms with E-state index in [2.05, 4.69) is 91.9 Å². The monoisotopic (exact) mass is 449 g/mol. The maximum atomic E-state index is 5.66.